The average Bonchev–Trinajstić information content (AvgIpc) is 3.12. The third-order valence-electron chi connectivity index (χ3n) is 3.57. The van der Waals surface area contributed by atoms with Gasteiger partial charge in [-0.25, -0.2) is 0 Å². The molecule has 0 saturated carbocycles. The third-order valence-corrected chi connectivity index (χ3v) is 3.81. The summed E-state index contributed by atoms with van der Waals surface area (Å²) in [5.74, 6) is -0.412. The molecule has 6 nitrogen and oxygen atoms in total. The highest BCUT2D eigenvalue weighted by atomic mass is 35.5. The van der Waals surface area contributed by atoms with Crippen molar-refractivity contribution in [2.75, 3.05) is 5.32 Å². The molecule has 25 heavy (non-hydrogen) atoms. The molecule has 4 rings (SSSR count). The Hall–Kier alpha value is -3.25. The van der Waals surface area contributed by atoms with Crippen LogP contribution in [0.15, 0.2) is 65.2 Å². The molecule has 4 aromatic rings. The summed E-state index contributed by atoms with van der Waals surface area (Å²) in [6.07, 6.45) is 1.67. The number of para-hydroxylation sites is 1. The fraction of sp³-hybridized carbons (Fsp3) is 0. The number of anilines is 1. The highest BCUT2D eigenvalue weighted by Gasteiger charge is 2.17. The van der Waals surface area contributed by atoms with E-state index >= 15 is 0 Å². The zero-order chi connectivity index (χ0) is 17.2. The van der Waals surface area contributed by atoms with Crippen molar-refractivity contribution >= 4 is 34.1 Å². The van der Waals surface area contributed by atoms with Crippen LogP contribution in [0.3, 0.4) is 0 Å². The van der Waals surface area contributed by atoms with E-state index in [2.05, 4.69) is 20.5 Å². The Kier molecular flexibility index (Phi) is 3.87. The van der Waals surface area contributed by atoms with E-state index in [0.29, 0.717) is 21.8 Å². The lowest BCUT2D eigenvalue weighted by Gasteiger charge is -2.05. The van der Waals surface area contributed by atoms with Crippen molar-refractivity contribution in [2.45, 2.75) is 0 Å². The first-order valence-corrected chi connectivity index (χ1v) is 7.83. The molecule has 0 aliphatic carbocycles. The van der Waals surface area contributed by atoms with Gasteiger partial charge in [0.1, 0.15) is 0 Å². The Morgan fingerprint density at radius 1 is 1.04 bits per heavy atom. The molecule has 0 atom stereocenters. The van der Waals surface area contributed by atoms with E-state index in [4.69, 9.17) is 16.0 Å². The number of aromatic nitrogens is 3. The molecule has 122 valence electrons. The molecule has 0 radical (unpaired) electrons. The lowest BCUT2D eigenvalue weighted by atomic mass is 10.2. The largest absolute Gasteiger partial charge is 0.412 e. The van der Waals surface area contributed by atoms with Gasteiger partial charge < -0.3 is 9.73 Å². The zero-order valence-electron chi connectivity index (χ0n) is 12.8. The number of pyridine rings is 1. The van der Waals surface area contributed by atoms with Crippen molar-refractivity contribution in [1.82, 2.24) is 15.2 Å². The van der Waals surface area contributed by atoms with Crippen LogP contribution < -0.4 is 5.32 Å². The SMILES string of the molecule is O=C(Nc1cccc2cccnc12)c1nnc(-c2cccc(Cl)c2)o1. The number of hydrogen-bond acceptors (Lipinski definition) is 5. The van der Waals surface area contributed by atoms with Crippen molar-refractivity contribution in [3.8, 4) is 11.5 Å². The van der Waals surface area contributed by atoms with Crippen LogP contribution in [0.4, 0.5) is 5.69 Å². The van der Waals surface area contributed by atoms with Crippen molar-refractivity contribution < 1.29 is 9.21 Å². The molecule has 2 heterocycles. The Labute approximate surface area is 147 Å². The van der Waals surface area contributed by atoms with Gasteiger partial charge in [0.15, 0.2) is 0 Å². The first kappa shape index (κ1) is 15.3. The molecule has 0 spiro atoms. The van der Waals surface area contributed by atoms with Crippen LogP contribution in [0.5, 0.6) is 0 Å². The van der Waals surface area contributed by atoms with E-state index in [0.717, 1.165) is 5.39 Å². The Morgan fingerprint density at radius 2 is 1.88 bits per heavy atom. The van der Waals surface area contributed by atoms with E-state index in [1.54, 1.807) is 36.5 Å². The molecule has 0 aliphatic heterocycles. The summed E-state index contributed by atoms with van der Waals surface area (Å²) >= 11 is 5.95. The van der Waals surface area contributed by atoms with Gasteiger partial charge >= 0.3 is 11.8 Å². The molecular weight excluding hydrogens is 340 g/mol. The van der Waals surface area contributed by atoms with Gasteiger partial charge in [0.2, 0.25) is 5.89 Å². The number of rotatable bonds is 3. The normalized spacial score (nSPS) is 10.8. The molecule has 7 heteroatoms. The van der Waals surface area contributed by atoms with E-state index in [1.807, 2.05) is 24.3 Å². The number of hydrogen-bond donors (Lipinski definition) is 1. The van der Waals surface area contributed by atoms with Crippen LogP contribution in [0.2, 0.25) is 5.02 Å². The number of benzene rings is 2. The summed E-state index contributed by atoms with van der Waals surface area (Å²) in [4.78, 5) is 16.7. The predicted molar refractivity (Wildman–Crippen MR) is 94.4 cm³/mol. The molecule has 0 saturated heterocycles. The van der Waals surface area contributed by atoms with Crippen molar-refractivity contribution in [2.24, 2.45) is 0 Å². The number of amides is 1. The van der Waals surface area contributed by atoms with Crippen LogP contribution in [0, 0.1) is 0 Å². The summed E-state index contributed by atoms with van der Waals surface area (Å²) in [5.41, 5.74) is 1.91. The number of nitrogens with zero attached hydrogens (tertiary/aromatic N) is 3. The zero-order valence-corrected chi connectivity index (χ0v) is 13.6. The van der Waals surface area contributed by atoms with Gasteiger partial charge in [0, 0.05) is 22.2 Å². The van der Waals surface area contributed by atoms with E-state index in [9.17, 15) is 4.79 Å². The van der Waals surface area contributed by atoms with Gasteiger partial charge in [-0.15, -0.1) is 10.2 Å². The highest BCUT2D eigenvalue weighted by Crippen LogP contribution is 2.23. The summed E-state index contributed by atoms with van der Waals surface area (Å²) in [6, 6.07) is 16.2. The molecule has 1 amide bonds. The molecule has 0 unspecified atom stereocenters. The second-order valence-corrected chi connectivity index (χ2v) is 5.69. The van der Waals surface area contributed by atoms with Crippen molar-refractivity contribution in [1.29, 1.82) is 0 Å². The second kappa shape index (κ2) is 6.33. The number of fused-ring (bicyclic) bond motifs is 1. The Bertz CT molecular complexity index is 1070. The third kappa shape index (κ3) is 3.07. The average molecular weight is 351 g/mol. The minimum atomic E-state index is -0.501. The summed E-state index contributed by atoms with van der Waals surface area (Å²) < 4.78 is 5.46. The molecule has 2 aromatic carbocycles. The first-order chi connectivity index (χ1) is 12.2. The maximum absolute atomic E-state index is 12.4. The lowest BCUT2D eigenvalue weighted by molar-refractivity contribution is 0.0991. The van der Waals surface area contributed by atoms with Crippen LogP contribution in [-0.4, -0.2) is 21.1 Å². The lowest BCUT2D eigenvalue weighted by Crippen LogP contribution is -2.12. The summed E-state index contributed by atoms with van der Waals surface area (Å²) in [5, 5.41) is 11.9. The molecular formula is C18H11ClN4O2. The van der Waals surface area contributed by atoms with Gasteiger partial charge in [-0.3, -0.25) is 9.78 Å². The van der Waals surface area contributed by atoms with Gasteiger partial charge in [-0.2, -0.15) is 0 Å². The quantitative estimate of drug-likeness (QED) is 0.599. The van der Waals surface area contributed by atoms with Gasteiger partial charge in [-0.1, -0.05) is 35.9 Å². The van der Waals surface area contributed by atoms with Crippen molar-refractivity contribution in [3.63, 3.8) is 0 Å². The summed E-state index contributed by atoms with van der Waals surface area (Å²) in [6.45, 7) is 0. The van der Waals surface area contributed by atoms with E-state index < -0.39 is 5.91 Å². The topological polar surface area (TPSA) is 80.9 Å². The molecule has 2 aromatic heterocycles. The number of nitrogens with one attached hydrogen (secondary N) is 1. The maximum Gasteiger partial charge on any atom is 0.313 e. The smallest absolute Gasteiger partial charge is 0.313 e. The monoisotopic (exact) mass is 350 g/mol. The minimum absolute atomic E-state index is 0.136. The number of carbonyl (C=O) groups is 1. The Morgan fingerprint density at radius 3 is 2.76 bits per heavy atom. The minimum Gasteiger partial charge on any atom is -0.412 e. The van der Waals surface area contributed by atoms with Crippen LogP contribution >= 0.6 is 11.6 Å². The highest BCUT2D eigenvalue weighted by molar-refractivity contribution is 6.30. The Balaban J connectivity index is 1.61. The van der Waals surface area contributed by atoms with E-state index in [-0.39, 0.29) is 11.8 Å². The molecule has 0 fully saturated rings. The standard InChI is InChI=1S/C18H11ClN4O2/c19-13-7-1-5-12(10-13)17-22-23-18(25-17)16(24)21-14-8-2-4-11-6-3-9-20-15(11)14/h1-10H,(H,21,24). The van der Waals surface area contributed by atoms with Gasteiger partial charge in [-0.05, 0) is 30.3 Å². The number of carbonyl (C=O) groups excluding carboxylic acids is 1. The van der Waals surface area contributed by atoms with E-state index in [1.165, 1.54) is 0 Å². The van der Waals surface area contributed by atoms with Gasteiger partial charge in [0.05, 0.1) is 11.2 Å². The molecule has 0 bridgehead atoms. The van der Waals surface area contributed by atoms with Crippen molar-refractivity contribution in [3.05, 3.63) is 71.7 Å². The fourth-order valence-electron chi connectivity index (χ4n) is 2.43. The predicted octanol–water partition coefficient (Wildman–Crippen LogP) is 4.19. The summed E-state index contributed by atoms with van der Waals surface area (Å²) in [7, 11) is 0. The van der Waals surface area contributed by atoms with Crippen LogP contribution in [-0.2, 0) is 0 Å². The maximum atomic E-state index is 12.4. The second-order valence-electron chi connectivity index (χ2n) is 5.26. The van der Waals surface area contributed by atoms with Crippen LogP contribution in [0.25, 0.3) is 22.4 Å². The fourth-order valence-corrected chi connectivity index (χ4v) is 2.62. The van der Waals surface area contributed by atoms with Crippen LogP contribution in [0.1, 0.15) is 10.7 Å². The molecule has 1 N–H and O–H groups in total. The first-order valence-electron chi connectivity index (χ1n) is 7.45. The van der Waals surface area contributed by atoms with Gasteiger partial charge in [0.25, 0.3) is 0 Å². The number of halogens is 1. The molecule has 0 aliphatic rings.